The number of aromatic nitrogens is 3. The highest BCUT2D eigenvalue weighted by Crippen LogP contribution is 2.06. The van der Waals surface area contributed by atoms with E-state index in [1.54, 1.807) is 13.1 Å². The van der Waals surface area contributed by atoms with Crippen LogP contribution in [-0.4, -0.2) is 38.3 Å². The van der Waals surface area contributed by atoms with Crippen LogP contribution in [0.2, 0.25) is 0 Å². The lowest BCUT2D eigenvalue weighted by molar-refractivity contribution is 0.179. The number of hydrogen-bond acceptors (Lipinski definition) is 6. The molecule has 0 saturated heterocycles. The van der Waals surface area contributed by atoms with Crippen molar-refractivity contribution in [3.63, 3.8) is 0 Å². The average Bonchev–Trinajstić information content (AvgIpc) is 2.76. The van der Waals surface area contributed by atoms with Crippen LogP contribution in [0.1, 0.15) is 17.3 Å². The molecule has 0 bridgehead atoms. The maximum absolute atomic E-state index is 9.08. The van der Waals surface area contributed by atoms with Gasteiger partial charge in [-0.25, -0.2) is 0 Å². The van der Waals surface area contributed by atoms with E-state index in [9.17, 15) is 0 Å². The first-order chi connectivity index (χ1) is 8.78. The summed E-state index contributed by atoms with van der Waals surface area (Å²) in [5.41, 5.74) is 1.09. The second-order valence-electron chi connectivity index (χ2n) is 4.03. The monoisotopic (exact) mass is 248 g/mol. The van der Waals surface area contributed by atoms with Gasteiger partial charge < -0.3 is 9.63 Å². The third-order valence-corrected chi connectivity index (χ3v) is 2.48. The van der Waals surface area contributed by atoms with Gasteiger partial charge in [-0.15, -0.1) is 0 Å². The number of pyridine rings is 1. The first kappa shape index (κ1) is 12.7. The Balaban J connectivity index is 1.99. The molecule has 0 saturated carbocycles. The summed E-state index contributed by atoms with van der Waals surface area (Å²) in [5, 5.41) is 12.9. The highest BCUT2D eigenvalue weighted by Gasteiger charge is 2.10. The minimum atomic E-state index is 0.0943. The molecule has 2 aromatic rings. The summed E-state index contributed by atoms with van der Waals surface area (Å²) in [6.45, 7) is 3.66. The zero-order chi connectivity index (χ0) is 12.8. The highest BCUT2D eigenvalue weighted by molar-refractivity contribution is 5.08. The largest absolute Gasteiger partial charge is 0.395 e. The molecular weight excluding hydrogens is 232 g/mol. The molecule has 0 fully saturated rings. The minimum Gasteiger partial charge on any atom is -0.395 e. The maximum Gasteiger partial charge on any atom is 0.223 e. The predicted molar refractivity (Wildman–Crippen MR) is 64.5 cm³/mol. The zero-order valence-corrected chi connectivity index (χ0v) is 10.3. The topological polar surface area (TPSA) is 75.3 Å². The summed E-state index contributed by atoms with van der Waals surface area (Å²) < 4.78 is 4.93. The fourth-order valence-corrected chi connectivity index (χ4v) is 1.71. The van der Waals surface area contributed by atoms with Gasteiger partial charge in [0.05, 0.1) is 13.2 Å². The summed E-state index contributed by atoms with van der Waals surface area (Å²) in [6, 6.07) is 3.89. The Labute approximate surface area is 105 Å². The molecule has 0 aliphatic carbocycles. The van der Waals surface area contributed by atoms with Crippen molar-refractivity contribution in [1.82, 2.24) is 20.0 Å². The lowest BCUT2D eigenvalue weighted by atomic mass is 10.2. The van der Waals surface area contributed by atoms with E-state index in [0.29, 0.717) is 31.3 Å². The van der Waals surface area contributed by atoms with Crippen LogP contribution < -0.4 is 0 Å². The van der Waals surface area contributed by atoms with E-state index in [0.717, 1.165) is 5.56 Å². The van der Waals surface area contributed by atoms with Crippen molar-refractivity contribution in [2.24, 2.45) is 0 Å². The van der Waals surface area contributed by atoms with Crippen LogP contribution in [0, 0.1) is 6.92 Å². The second kappa shape index (κ2) is 6.23. The molecule has 0 aliphatic heterocycles. The van der Waals surface area contributed by atoms with E-state index in [-0.39, 0.29) is 6.61 Å². The number of aliphatic hydroxyl groups is 1. The van der Waals surface area contributed by atoms with Crippen molar-refractivity contribution in [1.29, 1.82) is 0 Å². The molecule has 6 heteroatoms. The molecule has 2 heterocycles. The van der Waals surface area contributed by atoms with Gasteiger partial charge in [0, 0.05) is 32.4 Å². The molecule has 0 atom stereocenters. The Hall–Kier alpha value is -1.79. The number of aryl methyl sites for hydroxylation is 1. The second-order valence-corrected chi connectivity index (χ2v) is 4.03. The van der Waals surface area contributed by atoms with Crippen molar-refractivity contribution in [2.75, 3.05) is 13.2 Å². The van der Waals surface area contributed by atoms with Crippen LogP contribution in [0.15, 0.2) is 29.0 Å². The summed E-state index contributed by atoms with van der Waals surface area (Å²) in [6.07, 6.45) is 3.55. The fraction of sp³-hybridized carbons (Fsp3) is 0.417. The summed E-state index contributed by atoms with van der Waals surface area (Å²) >= 11 is 0. The Morgan fingerprint density at radius 2 is 2.28 bits per heavy atom. The summed E-state index contributed by atoms with van der Waals surface area (Å²) in [5.74, 6) is 1.18. The standard InChI is InChI=1S/C12H16N4O2/c1-10-14-12(15-18-10)9-16(5-6-17)8-11-3-2-4-13-7-11/h2-4,7,17H,5-6,8-9H2,1H3. The van der Waals surface area contributed by atoms with Gasteiger partial charge in [-0.05, 0) is 11.6 Å². The summed E-state index contributed by atoms with van der Waals surface area (Å²) in [4.78, 5) is 10.3. The van der Waals surface area contributed by atoms with E-state index in [4.69, 9.17) is 9.63 Å². The van der Waals surface area contributed by atoms with E-state index in [1.807, 2.05) is 23.2 Å². The highest BCUT2D eigenvalue weighted by atomic mass is 16.5. The molecule has 96 valence electrons. The van der Waals surface area contributed by atoms with Crippen molar-refractivity contribution in [3.8, 4) is 0 Å². The van der Waals surface area contributed by atoms with Gasteiger partial charge in [0.1, 0.15) is 0 Å². The minimum absolute atomic E-state index is 0.0943. The van der Waals surface area contributed by atoms with Gasteiger partial charge in [-0.1, -0.05) is 11.2 Å². The molecule has 0 spiro atoms. The van der Waals surface area contributed by atoms with Crippen molar-refractivity contribution < 1.29 is 9.63 Å². The SMILES string of the molecule is Cc1nc(CN(CCO)Cc2cccnc2)no1. The van der Waals surface area contributed by atoms with Crippen molar-refractivity contribution in [3.05, 3.63) is 41.8 Å². The fourth-order valence-electron chi connectivity index (χ4n) is 1.71. The Kier molecular flexibility index (Phi) is 4.38. The molecular formula is C12H16N4O2. The lowest BCUT2D eigenvalue weighted by Crippen LogP contribution is -2.26. The number of rotatable bonds is 6. The molecule has 2 rings (SSSR count). The van der Waals surface area contributed by atoms with Crippen LogP contribution in [0.5, 0.6) is 0 Å². The van der Waals surface area contributed by atoms with Crippen LogP contribution >= 0.6 is 0 Å². The third kappa shape index (κ3) is 3.61. The average molecular weight is 248 g/mol. The molecule has 6 nitrogen and oxygen atoms in total. The Morgan fingerprint density at radius 3 is 2.89 bits per heavy atom. The zero-order valence-electron chi connectivity index (χ0n) is 10.3. The molecule has 0 aliphatic rings. The van der Waals surface area contributed by atoms with Crippen molar-refractivity contribution in [2.45, 2.75) is 20.0 Å². The van der Waals surface area contributed by atoms with E-state index >= 15 is 0 Å². The molecule has 0 aromatic carbocycles. The quantitative estimate of drug-likeness (QED) is 0.813. The molecule has 0 amide bonds. The van der Waals surface area contributed by atoms with Crippen LogP contribution in [-0.2, 0) is 13.1 Å². The van der Waals surface area contributed by atoms with Crippen molar-refractivity contribution >= 4 is 0 Å². The van der Waals surface area contributed by atoms with Gasteiger partial charge >= 0.3 is 0 Å². The Bertz CT molecular complexity index is 472. The number of aliphatic hydroxyl groups excluding tert-OH is 1. The van der Waals surface area contributed by atoms with Crippen LogP contribution in [0.4, 0.5) is 0 Å². The van der Waals surface area contributed by atoms with Gasteiger partial charge in [-0.3, -0.25) is 9.88 Å². The van der Waals surface area contributed by atoms with E-state index < -0.39 is 0 Å². The van der Waals surface area contributed by atoms with Gasteiger partial charge in [0.15, 0.2) is 5.82 Å². The molecule has 0 radical (unpaired) electrons. The van der Waals surface area contributed by atoms with E-state index in [1.165, 1.54) is 0 Å². The number of hydrogen-bond donors (Lipinski definition) is 1. The normalized spacial score (nSPS) is 11.1. The third-order valence-electron chi connectivity index (χ3n) is 2.48. The first-order valence-corrected chi connectivity index (χ1v) is 5.79. The summed E-state index contributed by atoms with van der Waals surface area (Å²) in [7, 11) is 0. The van der Waals surface area contributed by atoms with Gasteiger partial charge in [0.25, 0.3) is 0 Å². The first-order valence-electron chi connectivity index (χ1n) is 5.79. The number of nitrogens with zero attached hydrogens (tertiary/aromatic N) is 4. The molecule has 0 unspecified atom stereocenters. The molecule has 1 N–H and O–H groups in total. The van der Waals surface area contributed by atoms with E-state index in [2.05, 4.69) is 15.1 Å². The van der Waals surface area contributed by atoms with Gasteiger partial charge in [0.2, 0.25) is 5.89 Å². The molecule has 2 aromatic heterocycles. The smallest absolute Gasteiger partial charge is 0.223 e. The van der Waals surface area contributed by atoms with Gasteiger partial charge in [-0.2, -0.15) is 4.98 Å². The maximum atomic E-state index is 9.08. The predicted octanol–water partition coefficient (Wildman–Crippen LogP) is 0.768. The van der Waals surface area contributed by atoms with Crippen LogP contribution in [0.25, 0.3) is 0 Å². The van der Waals surface area contributed by atoms with Crippen LogP contribution in [0.3, 0.4) is 0 Å². The lowest BCUT2D eigenvalue weighted by Gasteiger charge is -2.19. The Morgan fingerprint density at radius 1 is 1.39 bits per heavy atom. The molecule has 18 heavy (non-hydrogen) atoms.